The molecule has 0 saturated heterocycles. The summed E-state index contributed by atoms with van der Waals surface area (Å²) in [5.74, 6) is 0. The van der Waals surface area contributed by atoms with E-state index in [0.717, 1.165) is 24.6 Å². The van der Waals surface area contributed by atoms with Crippen molar-refractivity contribution in [2.75, 3.05) is 0 Å². The minimum Gasteiger partial charge on any atom is -0.285 e. The van der Waals surface area contributed by atoms with E-state index in [1.807, 2.05) is 40.7 Å². The smallest absolute Gasteiger partial charge is 0.261 e. The highest BCUT2D eigenvalue weighted by Gasteiger charge is 2.36. The van der Waals surface area contributed by atoms with Crippen molar-refractivity contribution < 1.29 is 14.1 Å². The fourth-order valence-electron chi connectivity index (χ4n) is 1.57. The summed E-state index contributed by atoms with van der Waals surface area (Å²) in [7, 11) is -2.80. The van der Waals surface area contributed by atoms with Gasteiger partial charge in [0.25, 0.3) is 7.37 Å². The van der Waals surface area contributed by atoms with Crippen LogP contribution >= 0.6 is 7.37 Å². The molecule has 0 bridgehead atoms. The summed E-state index contributed by atoms with van der Waals surface area (Å²) in [6.07, 6.45) is 5.01. The van der Waals surface area contributed by atoms with Gasteiger partial charge in [0.05, 0.1) is 5.60 Å². The molecule has 0 radical (unpaired) electrons. The first kappa shape index (κ1) is 14.0. The molecule has 0 aromatic carbocycles. The van der Waals surface area contributed by atoms with Crippen LogP contribution in [0.25, 0.3) is 0 Å². The van der Waals surface area contributed by atoms with Gasteiger partial charge in [-0.05, 0) is 40.0 Å². The van der Waals surface area contributed by atoms with Crippen molar-refractivity contribution in [1.29, 1.82) is 0 Å². The highest BCUT2D eigenvalue weighted by atomic mass is 31.2. The van der Waals surface area contributed by atoms with Crippen molar-refractivity contribution in [2.24, 2.45) is 0 Å². The van der Waals surface area contributed by atoms with E-state index in [9.17, 15) is 4.57 Å². The number of rotatable bonds is 4. The molecule has 0 heterocycles. The Morgan fingerprint density at radius 1 is 1.38 bits per heavy atom. The highest BCUT2D eigenvalue weighted by Crippen LogP contribution is 2.62. The lowest BCUT2D eigenvalue weighted by Crippen LogP contribution is -2.20. The highest BCUT2D eigenvalue weighted by molar-refractivity contribution is 7.64. The number of allylic oxidation sites excluding steroid dienone is 2. The molecular weight excluding hydrogens is 223 g/mol. The van der Waals surface area contributed by atoms with Gasteiger partial charge in [0.15, 0.2) is 0 Å². The summed E-state index contributed by atoms with van der Waals surface area (Å²) in [6, 6.07) is 0. The Bertz CT molecular complexity index is 313. The Balaban J connectivity index is 2.78. The van der Waals surface area contributed by atoms with Crippen LogP contribution in [0, 0.1) is 0 Å². The molecule has 16 heavy (non-hydrogen) atoms. The van der Waals surface area contributed by atoms with Crippen LogP contribution < -0.4 is 0 Å². The van der Waals surface area contributed by atoms with Gasteiger partial charge >= 0.3 is 0 Å². The summed E-state index contributed by atoms with van der Waals surface area (Å²) in [5.41, 5.74) is -0.455. The van der Waals surface area contributed by atoms with E-state index in [1.54, 1.807) is 0 Å². The van der Waals surface area contributed by atoms with Crippen LogP contribution in [0.4, 0.5) is 0 Å². The minimum absolute atomic E-state index is 0.0285. The lowest BCUT2D eigenvalue weighted by Gasteiger charge is -2.26. The third-order valence-electron chi connectivity index (χ3n) is 2.50. The molecule has 0 spiro atoms. The fraction of sp³-hybridized carbons (Fsp3) is 0.833. The maximum absolute atomic E-state index is 12.7. The Morgan fingerprint density at radius 3 is 2.38 bits per heavy atom. The second kappa shape index (κ2) is 5.03. The van der Waals surface area contributed by atoms with Crippen molar-refractivity contribution in [1.82, 2.24) is 0 Å². The maximum atomic E-state index is 12.7. The molecule has 1 aliphatic rings. The Morgan fingerprint density at radius 2 is 2.00 bits per heavy atom. The first-order valence-corrected chi connectivity index (χ1v) is 7.62. The second-order valence-corrected chi connectivity index (χ2v) is 8.50. The van der Waals surface area contributed by atoms with Gasteiger partial charge in [0.1, 0.15) is 0 Å². The first-order chi connectivity index (χ1) is 7.26. The Hall–Kier alpha value is -0.110. The predicted molar refractivity (Wildman–Crippen MR) is 66.6 cm³/mol. The molecule has 0 aromatic heterocycles. The van der Waals surface area contributed by atoms with E-state index >= 15 is 0 Å². The van der Waals surface area contributed by atoms with E-state index in [-0.39, 0.29) is 5.66 Å². The quantitative estimate of drug-likeness (QED) is 0.416. The lowest BCUT2D eigenvalue weighted by molar-refractivity contribution is -0.274. The monoisotopic (exact) mass is 246 g/mol. The zero-order valence-electron chi connectivity index (χ0n) is 10.9. The molecule has 0 amide bonds. The predicted octanol–water partition coefficient (Wildman–Crippen LogP) is 4.49. The van der Waals surface area contributed by atoms with Crippen LogP contribution in [-0.4, -0.2) is 11.3 Å². The van der Waals surface area contributed by atoms with E-state index in [2.05, 4.69) is 0 Å². The Kier molecular flexibility index (Phi) is 4.39. The molecule has 0 aliphatic heterocycles. The average molecular weight is 246 g/mol. The molecule has 1 unspecified atom stereocenters. The van der Waals surface area contributed by atoms with Crippen LogP contribution in [-0.2, 0) is 14.1 Å². The van der Waals surface area contributed by atoms with Crippen LogP contribution in [0.5, 0.6) is 0 Å². The van der Waals surface area contributed by atoms with Crippen molar-refractivity contribution in [3.05, 3.63) is 11.4 Å². The molecular formula is C12H23O3P. The number of hydrogen-bond donors (Lipinski definition) is 0. The Labute approximate surface area is 98.6 Å². The number of hydrogen-bond acceptors (Lipinski definition) is 3. The van der Waals surface area contributed by atoms with Gasteiger partial charge in [-0.2, -0.15) is 4.67 Å². The molecule has 4 heteroatoms. The van der Waals surface area contributed by atoms with Crippen LogP contribution in [0.2, 0.25) is 0 Å². The summed E-state index contributed by atoms with van der Waals surface area (Å²) in [4.78, 5) is 5.26. The normalized spacial score (nSPS) is 21.0. The molecule has 1 aliphatic carbocycles. The van der Waals surface area contributed by atoms with Gasteiger partial charge in [0, 0.05) is 11.0 Å². The van der Waals surface area contributed by atoms with E-state index < -0.39 is 13.0 Å². The van der Waals surface area contributed by atoms with Crippen molar-refractivity contribution in [3.8, 4) is 0 Å². The van der Waals surface area contributed by atoms with Crippen LogP contribution in [0.1, 0.15) is 53.9 Å². The standard InChI is InChI=1S/C12H23O3P/c1-10(2)16(13,11-8-6-7-9-11)15-14-12(3,4)5/h8,10H,6-7,9H2,1-5H3. The van der Waals surface area contributed by atoms with Crippen molar-refractivity contribution >= 4 is 7.37 Å². The largest absolute Gasteiger partial charge is 0.285 e. The van der Waals surface area contributed by atoms with E-state index in [1.165, 1.54) is 0 Å². The minimum atomic E-state index is -2.80. The van der Waals surface area contributed by atoms with Crippen LogP contribution in [0.15, 0.2) is 11.4 Å². The van der Waals surface area contributed by atoms with E-state index in [4.69, 9.17) is 9.56 Å². The van der Waals surface area contributed by atoms with Gasteiger partial charge in [-0.3, -0.25) is 4.57 Å². The first-order valence-electron chi connectivity index (χ1n) is 5.92. The average Bonchev–Trinajstić information content (AvgIpc) is 2.65. The molecule has 0 fully saturated rings. The summed E-state index contributed by atoms with van der Waals surface area (Å²) < 4.78 is 18.1. The molecule has 1 rings (SSSR count). The lowest BCUT2D eigenvalue weighted by atomic mass is 10.2. The topological polar surface area (TPSA) is 35.5 Å². The van der Waals surface area contributed by atoms with Gasteiger partial charge < -0.3 is 0 Å². The third kappa shape index (κ3) is 3.44. The van der Waals surface area contributed by atoms with Crippen LogP contribution in [0.3, 0.4) is 0 Å². The zero-order chi connectivity index (χ0) is 12.4. The van der Waals surface area contributed by atoms with Crippen molar-refractivity contribution in [2.45, 2.75) is 65.1 Å². The second-order valence-electron chi connectivity index (χ2n) is 5.55. The zero-order valence-corrected chi connectivity index (χ0v) is 11.8. The van der Waals surface area contributed by atoms with Gasteiger partial charge in [-0.1, -0.05) is 19.9 Å². The molecule has 3 nitrogen and oxygen atoms in total. The van der Waals surface area contributed by atoms with Gasteiger partial charge in [-0.25, -0.2) is 4.89 Å². The molecule has 0 saturated carbocycles. The fourth-order valence-corrected chi connectivity index (χ4v) is 3.69. The maximum Gasteiger partial charge on any atom is 0.261 e. The van der Waals surface area contributed by atoms with Gasteiger partial charge in [-0.15, -0.1) is 0 Å². The van der Waals surface area contributed by atoms with Crippen molar-refractivity contribution in [3.63, 3.8) is 0 Å². The third-order valence-corrected chi connectivity index (χ3v) is 5.36. The van der Waals surface area contributed by atoms with Gasteiger partial charge in [0.2, 0.25) is 0 Å². The summed E-state index contributed by atoms with van der Waals surface area (Å²) in [6.45, 7) is 9.51. The molecule has 94 valence electrons. The summed E-state index contributed by atoms with van der Waals surface area (Å²) in [5, 5.41) is 0.951. The van der Waals surface area contributed by atoms with E-state index in [0.29, 0.717) is 0 Å². The molecule has 1 atom stereocenters. The SMILES string of the molecule is CC(C)P(=O)(OOC(C)(C)C)C1=CCCC1. The molecule has 0 N–H and O–H groups in total. The molecule has 0 aromatic rings. The summed E-state index contributed by atoms with van der Waals surface area (Å²) >= 11 is 0.